The molecule has 2 N–H and O–H groups in total. The van der Waals surface area contributed by atoms with E-state index in [9.17, 15) is 18.8 Å². The summed E-state index contributed by atoms with van der Waals surface area (Å²) in [6.07, 6.45) is 0. The van der Waals surface area contributed by atoms with Crippen molar-refractivity contribution in [1.82, 2.24) is 0 Å². The van der Waals surface area contributed by atoms with Crippen LogP contribution in [0, 0.1) is 9.39 Å². The maximum Gasteiger partial charge on any atom is 0.283 e. The standard InChI is InChI=1S/C23H14ClFIN3O3/c24-19-20(23(32)29(22(19)31)18-7-2-1-6-17(18)25)27-16-5-3-4-13(12-16)21(30)28-15-10-8-14(26)9-11-15/h1-12,27H,(H,28,30). The zero-order chi connectivity index (χ0) is 22.8. The topological polar surface area (TPSA) is 78.5 Å². The Kier molecular flexibility index (Phi) is 6.24. The minimum Gasteiger partial charge on any atom is -0.350 e. The van der Waals surface area contributed by atoms with E-state index < -0.39 is 17.6 Å². The van der Waals surface area contributed by atoms with E-state index in [4.69, 9.17) is 11.6 Å². The highest BCUT2D eigenvalue weighted by molar-refractivity contribution is 14.1. The fraction of sp³-hybridized carbons (Fsp3) is 0. The first-order chi connectivity index (χ1) is 15.3. The molecule has 3 amide bonds. The van der Waals surface area contributed by atoms with Crippen molar-refractivity contribution in [3.05, 3.63) is 98.5 Å². The maximum absolute atomic E-state index is 14.1. The van der Waals surface area contributed by atoms with Gasteiger partial charge in [-0.3, -0.25) is 14.4 Å². The van der Waals surface area contributed by atoms with Gasteiger partial charge in [-0.2, -0.15) is 0 Å². The lowest BCUT2D eigenvalue weighted by atomic mass is 10.1. The Hall–Kier alpha value is -3.24. The Balaban J connectivity index is 1.55. The minimum atomic E-state index is -0.836. The fourth-order valence-electron chi connectivity index (χ4n) is 3.08. The second-order valence-corrected chi connectivity index (χ2v) is 8.38. The molecule has 1 aliphatic rings. The Morgan fingerprint density at radius 2 is 1.62 bits per heavy atom. The molecule has 0 bridgehead atoms. The molecule has 0 saturated heterocycles. The number of hydrogen-bond donors (Lipinski definition) is 2. The van der Waals surface area contributed by atoms with E-state index in [2.05, 4.69) is 33.2 Å². The third-order valence-corrected chi connectivity index (χ3v) is 5.69. The molecule has 0 fully saturated rings. The van der Waals surface area contributed by atoms with Gasteiger partial charge in [-0.05, 0) is 77.2 Å². The Labute approximate surface area is 201 Å². The van der Waals surface area contributed by atoms with E-state index in [0.29, 0.717) is 21.8 Å². The van der Waals surface area contributed by atoms with Crippen molar-refractivity contribution in [2.24, 2.45) is 0 Å². The third-order valence-electron chi connectivity index (χ3n) is 4.62. The van der Waals surface area contributed by atoms with Crippen LogP contribution in [0.15, 0.2) is 83.5 Å². The van der Waals surface area contributed by atoms with Crippen LogP contribution in [0.25, 0.3) is 0 Å². The van der Waals surface area contributed by atoms with Crippen LogP contribution in [0.4, 0.5) is 21.5 Å². The molecule has 160 valence electrons. The Morgan fingerprint density at radius 3 is 2.34 bits per heavy atom. The Morgan fingerprint density at radius 1 is 0.906 bits per heavy atom. The van der Waals surface area contributed by atoms with Crippen molar-refractivity contribution in [1.29, 1.82) is 0 Å². The zero-order valence-corrected chi connectivity index (χ0v) is 19.1. The minimum absolute atomic E-state index is 0.192. The van der Waals surface area contributed by atoms with Gasteiger partial charge < -0.3 is 10.6 Å². The number of hydrogen-bond acceptors (Lipinski definition) is 4. The summed E-state index contributed by atoms with van der Waals surface area (Å²) in [5.41, 5.74) is 0.938. The van der Waals surface area contributed by atoms with E-state index in [1.807, 2.05) is 12.1 Å². The summed E-state index contributed by atoms with van der Waals surface area (Å²) in [5, 5.41) is 5.21. The molecule has 1 aliphatic heterocycles. The summed E-state index contributed by atoms with van der Waals surface area (Å²) >= 11 is 8.26. The summed E-state index contributed by atoms with van der Waals surface area (Å²) in [7, 11) is 0. The summed E-state index contributed by atoms with van der Waals surface area (Å²) in [6, 6.07) is 19.1. The van der Waals surface area contributed by atoms with Crippen LogP contribution in [0.3, 0.4) is 0 Å². The van der Waals surface area contributed by atoms with Crippen LogP contribution in [0.2, 0.25) is 0 Å². The van der Waals surface area contributed by atoms with Crippen molar-refractivity contribution >= 4 is 69.0 Å². The monoisotopic (exact) mass is 561 g/mol. The Bertz CT molecular complexity index is 1280. The number of carbonyl (C=O) groups excluding carboxylic acids is 3. The molecule has 6 nitrogen and oxygen atoms in total. The van der Waals surface area contributed by atoms with Crippen molar-refractivity contribution in [3.63, 3.8) is 0 Å². The number of nitrogens with zero attached hydrogens (tertiary/aromatic N) is 1. The van der Waals surface area contributed by atoms with E-state index in [1.54, 1.807) is 30.3 Å². The molecule has 0 spiro atoms. The molecule has 0 saturated carbocycles. The van der Waals surface area contributed by atoms with Gasteiger partial charge in [-0.1, -0.05) is 29.8 Å². The van der Waals surface area contributed by atoms with Crippen LogP contribution in [0.5, 0.6) is 0 Å². The zero-order valence-electron chi connectivity index (χ0n) is 16.2. The molecule has 32 heavy (non-hydrogen) atoms. The predicted molar refractivity (Wildman–Crippen MR) is 129 cm³/mol. The molecule has 9 heteroatoms. The number of benzene rings is 3. The van der Waals surface area contributed by atoms with Gasteiger partial charge in [0.25, 0.3) is 17.7 Å². The average molecular weight is 562 g/mol. The summed E-state index contributed by atoms with van der Waals surface area (Å²) in [4.78, 5) is 38.6. The molecule has 0 radical (unpaired) electrons. The first-order valence-corrected chi connectivity index (χ1v) is 10.8. The van der Waals surface area contributed by atoms with Gasteiger partial charge >= 0.3 is 0 Å². The lowest BCUT2D eigenvalue weighted by Gasteiger charge is -2.15. The van der Waals surface area contributed by atoms with E-state index in [1.165, 1.54) is 24.3 Å². The average Bonchev–Trinajstić information content (AvgIpc) is 2.99. The number of imide groups is 1. The highest BCUT2D eigenvalue weighted by atomic mass is 127. The smallest absolute Gasteiger partial charge is 0.283 e. The molecule has 4 rings (SSSR count). The number of rotatable bonds is 5. The molecule has 1 heterocycles. The molecule has 3 aromatic rings. The number of halogens is 3. The third kappa shape index (κ3) is 4.37. The van der Waals surface area contributed by atoms with Crippen molar-refractivity contribution in [2.75, 3.05) is 15.5 Å². The number of anilines is 3. The van der Waals surface area contributed by atoms with Crippen LogP contribution in [-0.4, -0.2) is 17.7 Å². The number of carbonyl (C=O) groups is 3. The summed E-state index contributed by atoms with van der Waals surface area (Å²) in [6.45, 7) is 0. The van der Waals surface area contributed by atoms with Crippen molar-refractivity contribution in [3.8, 4) is 0 Å². The number of amides is 3. The van der Waals surface area contributed by atoms with Crippen LogP contribution in [-0.2, 0) is 9.59 Å². The number of para-hydroxylation sites is 1. The lowest BCUT2D eigenvalue weighted by Crippen LogP contribution is -2.33. The van der Waals surface area contributed by atoms with Gasteiger partial charge in [0.1, 0.15) is 16.5 Å². The van der Waals surface area contributed by atoms with Gasteiger partial charge in [-0.25, -0.2) is 9.29 Å². The summed E-state index contributed by atoms with van der Waals surface area (Å²) < 4.78 is 15.2. The molecular formula is C23H14ClFIN3O3. The van der Waals surface area contributed by atoms with Crippen LogP contribution < -0.4 is 15.5 Å². The van der Waals surface area contributed by atoms with Gasteiger partial charge in [0, 0.05) is 20.5 Å². The molecule has 0 atom stereocenters. The highest BCUT2D eigenvalue weighted by Gasteiger charge is 2.40. The number of nitrogens with one attached hydrogen (secondary N) is 2. The normalized spacial score (nSPS) is 13.5. The predicted octanol–water partition coefficient (Wildman–Crippen LogP) is 5.12. The first kappa shape index (κ1) is 22.0. The van der Waals surface area contributed by atoms with E-state index in [-0.39, 0.29) is 22.3 Å². The van der Waals surface area contributed by atoms with E-state index in [0.717, 1.165) is 9.64 Å². The lowest BCUT2D eigenvalue weighted by molar-refractivity contribution is -0.120. The van der Waals surface area contributed by atoms with Crippen molar-refractivity contribution in [2.45, 2.75) is 0 Å². The van der Waals surface area contributed by atoms with Crippen LogP contribution >= 0.6 is 34.2 Å². The van der Waals surface area contributed by atoms with Gasteiger partial charge in [0.05, 0.1) is 5.69 Å². The van der Waals surface area contributed by atoms with Gasteiger partial charge in [0.2, 0.25) is 0 Å². The quantitative estimate of drug-likeness (QED) is 0.335. The van der Waals surface area contributed by atoms with Gasteiger partial charge in [0.15, 0.2) is 0 Å². The second-order valence-electron chi connectivity index (χ2n) is 6.75. The molecular weight excluding hydrogens is 548 g/mol. The van der Waals surface area contributed by atoms with E-state index >= 15 is 0 Å². The molecule has 0 unspecified atom stereocenters. The fourth-order valence-corrected chi connectivity index (χ4v) is 3.65. The largest absolute Gasteiger partial charge is 0.350 e. The van der Waals surface area contributed by atoms with Crippen molar-refractivity contribution < 1.29 is 18.8 Å². The molecule has 3 aromatic carbocycles. The summed E-state index contributed by atoms with van der Waals surface area (Å²) in [5.74, 6) is -2.71. The maximum atomic E-state index is 14.1. The molecule has 0 aromatic heterocycles. The molecule has 0 aliphatic carbocycles. The SMILES string of the molecule is O=C(Nc1ccc(I)cc1)c1cccc(NC2=C(Cl)C(=O)N(c3ccccc3F)C2=O)c1. The van der Waals surface area contributed by atoms with Crippen LogP contribution in [0.1, 0.15) is 10.4 Å². The first-order valence-electron chi connectivity index (χ1n) is 9.32. The second kappa shape index (κ2) is 9.09. The highest BCUT2D eigenvalue weighted by Crippen LogP contribution is 2.31. The van der Waals surface area contributed by atoms with Gasteiger partial charge in [-0.15, -0.1) is 0 Å².